The molecule has 2 amide bonds. The van der Waals surface area contributed by atoms with Crippen molar-refractivity contribution in [2.24, 2.45) is 0 Å². The second-order valence-corrected chi connectivity index (χ2v) is 6.31. The Labute approximate surface area is 166 Å². The monoisotopic (exact) mass is 412 g/mol. The highest BCUT2D eigenvalue weighted by molar-refractivity contribution is 5.95. The van der Waals surface area contributed by atoms with Crippen LogP contribution in [0.3, 0.4) is 0 Å². The van der Waals surface area contributed by atoms with Gasteiger partial charge in [0.05, 0.1) is 17.8 Å². The van der Waals surface area contributed by atoms with Crippen LogP contribution in [0.2, 0.25) is 0 Å². The molecule has 29 heavy (non-hydrogen) atoms. The van der Waals surface area contributed by atoms with Crippen molar-refractivity contribution in [3.63, 3.8) is 0 Å². The minimum absolute atomic E-state index is 0.157. The molecule has 1 aromatic heterocycles. The highest BCUT2D eigenvalue weighted by atomic mass is 19.4. The molecule has 1 aromatic carbocycles. The highest BCUT2D eigenvalue weighted by Gasteiger charge is 2.33. The van der Waals surface area contributed by atoms with E-state index in [2.05, 4.69) is 15.5 Å². The van der Waals surface area contributed by atoms with E-state index in [9.17, 15) is 22.8 Å². The van der Waals surface area contributed by atoms with E-state index < -0.39 is 17.6 Å². The van der Waals surface area contributed by atoms with Crippen LogP contribution in [0.5, 0.6) is 0 Å². The fourth-order valence-corrected chi connectivity index (χ4v) is 2.66. The van der Waals surface area contributed by atoms with Crippen LogP contribution in [0.15, 0.2) is 28.8 Å². The van der Waals surface area contributed by atoms with Crippen LogP contribution in [0.4, 0.5) is 18.9 Å². The second-order valence-electron chi connectivity index (χ2n) is 6.31. The van der Waals surface area contributed by atoms with Crippen LogP contribution in [0, 0.1) is 0 Å². The number of aryl methyl sites for hydroxylation is 2. The molecule has 1 N–H and O–H groups in total. The number of amides is 2. The van der Waals surface area contributed by atoms with Crippen LogP contribution in [0.1, 0.15) is 44.0 Å². The lowest BCUT2D eigenvalue weighted by Gasteiger charge is -2.21. The lowest BCUT2D eigenvalue weighted by Crippen LogP contribution is -2.38. The number of hydrogen-bond acceptors (Lipinski definition) is 5. The summed E-state index contributed by atoms with van der Waals surface area (Å²) in [6.45, 7) is 3.52. The molecule has 0 aliphatic heterocycles. The molecule has 158 valence electrons. The van der Waals surface area contributed by atoms with Gasteiger partial charge in [-0.2, -0.15) is 18.2 Å². The van der Waals surface area contributed by atoms with E-state index in [1.54, 1.807) is 6.92 Å². The smallest absolute Gasteiger partial charge is 0.339 e. The number of benzene rings is 1. The molecule has 0 saturated carbocycles. The van der Waals surface area contributed by atoms with E-state index in [1.165, 1.54) is 23.1 Å². The van der Waals surface area contributed by atoms with Gasteiger partial charge in [-0.15, -0.1) is 0 Å². The molecule has 0 spiro atoms. The SMILES string of the molecule is CCc1noc(CCCC(=O)N(CC)CC(=O)Nc2ccccc2C(F)(F)F)n1. The summed E-state index contributed by atoms with van der Waals surface area (Å²) >= 11 is 0. The largest absolute Gasteiger partial charge is 0.418 e. The maximum atomic E-state index is 13.0. The summed E-state index contributed by atoms with van der Waals surface area (Å²) in [5.41, 5.74) is -1.27. The molecule has 0 atom stereocenters. The summed E-state index contributed by atoms with van der Waals surface area (Å²) in [6, 6.07) is 4.70. The fraction of sp³-hybridized carbons (Fsp3) is 0.474. The van der Waals surface area contributed by atoms with Crippen molar-refractivity contribution in [1.82, 2.24) is 15.0 Å². The topological polar surface area (TPSA) is 88.3 Å². The average Bonchev–Trinajstić information content (AvgIpc) is 3.13. The van der Waals surface area contributed by atoms with E-state index in [0.29, 0.717) is 31.0 Å². The van der Waals surface area contributed by atoms with Gasteiger partial charge in [-0.1, -0.05) is 24.2 Å². The number of hydrogen-bond donors (Lipinski definition) is 1. The molecule has 0 aliphatic rings. The van der Waals surface area contributed by atoms with E-state index >= 15 is 0 Å². The lowest BCUT2D eigenvalue weighted by molar-refractivity contribution is -0.137. The maximum Gasteiger partial charge on any atom is 0.418 e. The van der Waals surface area contributed by atoms with Crippen molar-refractivity contribution in [3.05, 3.63) is 41.5 Å². The van der Waals surface area contributed by atoms with Gasteiger partial charge in [0.25, 0.3) is 0 Å². The van der Waals surface area contributed by atoms with E-state index in [0.717, 1.165) is 6.07 Å². The van der Waals surface area contributed by atoms with E-state index in [-0.39, 0.29) is 31.1 Å². The average molecular weight is 412 g/mol. The van der Waals surface area contributed by atoms with Crippen molar-refractivity contribution in [2.75, 3.05) is 18.4 Å². The molecule has 0 radical (unpaired) electrons. The Balaban J connectivity index is 1.88. The van der Waals surface area contributed by atoms with Crippen LogP contribution in [-0.2, 0) is 28.6 Å². The van der Waals surface area contributed by atoms with Crippen LogP contribution in [-0.4, -0.2) is 39.9 Å². The number of nitrogens with zero attached hydrogens (tertiary/aromatic N) is 3. The summed E-state index contributed by atoms with van der Waals surface area (Å²) in [6.07, 6.45) is -2.89. The third kappa shape index (κ3) is 6.58. The summed E-state index contributed by atoms with van der Waals surface area (Å²) in [4.78, 5) is 30.0. The Morgan fingerprint density at radius 2 is 1.93 bits per heavy atom. The van der Waals surface area contributed by atoms with Crippen molar-refractivity contribution < 1.29 is 27.3 Å². The Bertz CT molecular complexity index is 836. The predicted octanol–water partition coefficient (Wildman–Crippen LogP) is 3.46. The number of alkyl halides is 3. The number of aromatic nitrogens is 2. The number of nitrogens with one attached hydrogen (secondary N) is 1. The van der Waals surface area contributed by atoms with Gasteiger partial charge in [0, 0.05) is 25.8 Å². The second kappa shape index (κ2) is 10.0. The zero-order chi connectivity index (χ0) is 21.4. The van der Waals surface area contributed by atoms with Gasteiger partial charge in [0.1, 0.15) is 0 Å². The number of carbonyl (C=O) groups excluding carboxylic acids is 2. The summed E-state index contributed by atoms with van der Waals surface area (Å²) < 4.78 is 44.1. The predicted molar refractivity (Wildman–Crippen MR) is 98.9 cm³/mol. The van der Waals surface area contributed by atoms with Gasteiger partial charge in [-0.05, 0) is 25.5 Å². The summed E-state index contributed by atoms with van der Waals surface area (Å²) in [5, 5.41) is 6.01. The first-order valence-corrected chi connectivity index (χ1v) is 9.29. The molecule has 7 nitrogen and oxygen atoms in total. The number of carbonyl (C=O) groups is 2. The number of likely N-dealkylation sites (N-methyl/N-ethyl adjacent to an activating group) is 1. The van der Waals surface area contributed by atoms with Crippen molar-refractivity contribution >= 4 is 17.5 Å². The van der Waals surface area contributed by atoms with Gasteiger partial charge in [-0.3, -0.25) is 9.59 Å². The Morgan fingerprint density at radius 3 is 2.55 bits per heavy atom. The molecule has 10 heteroatoms. The van der Waals surface area contributed by atoms with Gasteiger partial charge in [0.2, 0.25) is 17.7 Å². The van der Waals surface area contributed by atoms with Gasteiger partial charge < -0.3 is 14.7 Å². The Kier molecular flexibility index (Phi) is 7.74. The van der Waals surface area contributed by atoms with Crippen LogP contribution >= 0.6 is 0 Å². The minimum atomic E-state index is -4.59. The normalized spacial score (nSPS) is 11.3. The Hall–Kier alpha value is -2.91. The van der Waals surface area contributed by atoms with Gasteiger partial charge in [-0.25, -0.2) is 0 Å². The van der Waals surface area contributed by atoms with E-state index in [1.807, 2.05) is 6.92 Å². The van der Waals surface area contributed by atoms with E-state index in [4.69, 9.17) is 4.52 Å². The molecular formula is C19H23F3N4O3. The molecule has 0 aliphatic carbocycles. The minimum Gasteiger partial charge on any atom is -0.339 e. The lowest BCUT2D eigenvalue weighted by atomic mass is 10.1. The van der Waals surface area contributed by atoms with Crippen molar-refractivity contribution in [2.45, 2.75) is 45.7 Å². The first kappa shape index (κ1) is 22.4. The summed E-state index contributed by atoms with van der Waals surface area (Å²) in [5.74, 6) is 0.0693. The molecule has 0 unspecified atom stereocenters. The standard InChI is InChI=1S/C19H23F3N4O3/c1-3-15-24-17(29-25-15)10-7-11-18(28)26(4-2)12-16(27)23-14-9-6-5-8-13(14)19(20,21)22/h5-6,8-9H,3-4,7,10-12H2,1-2H3,(H,23,27). The maximum absolute atomic E-state index is 13.0. The molecule has 2 aromatic rings. The molecule has 0 saturated heterocycles. The molecule has 1 heterocycles. The third-order valence-corrected chi connectivity index (χ3v) is 4.18. The first-order chi connectivity index (χ1) is 13.7. The molecule has 0 fully saturated rings. The van der Waals surface area contributed by atoms with Crippen molar-refractivity contribution in [3.8, 4) is 0 Å². The molecular weight excluding hydrogens is 389 g/mol. The molecule has 2 rings (SSSR count). The fourth-order valence-electron chi connectivity index (χ4n) is 2.66. The van der Waals surface area contributed by atoms with Crippen molar-refractivity contribution in [1.29, 1.82) is 0 Å². The van der Waals surface area contributed by atoms with Gasteiger partial charge in [0.15, 0.2) is 5.82 Å². The number of halogens is 3. The number of anilines is 1. The third-order valence-electron chi connectivity index (χ3n) is 4.18. The van der Waals surface area contributed by atoms with Crippen LogP contribution in [0.25, 0.3) is 0 Å². The Morgan fingerprint density at radius 1 is 1.21 bits per heavy atom. The quantitative estimate of drug-likeness (QED) is 0.681. The molecule has 0 bridgehead atoms. The number of rotatable bonds is 9. The first-order valence-electron chi connectivity index (χ1n) is 9.29. The van der Waals surface area contributed by atoms with Crippen LogP contribution < -0.4 is 5.32 Å². The summed E-state index contributed by atoms with van der Waals surface area (Å²) in [7, 11) is 0. The van der Waals surface area contributed by atoms with Gasteiger partial charge >= 0.3 is 6.18 Å². The number of para-hydroxylation sites is 1. The zero-order valence-corrected chi connectivity index (χ0v) is 16.3. The highest BCUT2D eigenvalue weighted by Crippen LogP contribution is 2.34. The zero-order valence-electron chi connectivity index (χ0n) is 16.3.